The van der Waals surface area contributed by atoms with Crippen molar-refractivity contribution >= 4 is 28.9 Å². The first-order valence-corrected chi connectivity index (χ1v) is 8.78. The van der Waals surface area contributed by atoms with E-state index in [4.69, 9.17) is 12.2 Å². The van der Waals surface area contributed by atoms with E-state index in [1.54, 1.807) is 23.1 Å². The van der Waals surface area contributed by atoms with E-state index in [0.717, 1.165) is 18.5 Å². The van der Waals surface area contributed by atoms with Crippen LogP contribution in [0.2, 0.25) is 0 Å². The Bertz CT molecular complexity index is 816. The van der Waals surface area contributed by atoms with Gasteiger partial charge >= 0.3 is 0 Å². The second-order valence-electron chi connectivity index (χ2n) is 6.38. The van der Waals surface area contributed by atoms with Crippen LogP contribution in [0.25, 0.3) is 0 Å². The Kier molecular flexibility index (Phi) is 5.03. The summed E-state index contributed by atoms with van der Waals surface area (Å²) in [7, 11) is 0. The summed E-state index contributed by atoms with van der Waals surface area (Å²) in [5, 5.41) is 17.7. The molecule has 2 aliphatic rings. The third-order valence-corrected chi connectivity index (χ3v) is 4.82. The molecule has 0 unspecified atom stereocenters. The molecule has 1 aromatic carbocycles. The lowest BCUT2D eigenvalue weighted by molar-refractivity contribution is -0.384. The third kappa shape index (κ3) is 3.60. The second-order valence-corrected chi connectivity index (χ2v) is 6.77. The van der Waals surface area contributed by atoms with Gasteiger partial charge in [0.05, 0.1) is 16.5 Å². The highest BCUT2D eigenvalue weighted by Gasteiger charge is 2.36. The molecule has 136 valence electrons. The van der Waals surface area contributed by atoms with Gasteiger partial charge in [-0.1, -0.05) is 18.2 Å². The van der Waals surface area contributed by atoms with E-state index >= 15 is 0 Å². The quantitative estimate of drug-likeness (QED) is 0.345. The molecule has 1 aliphatic carbocycles. The van der Waals surface area contributed by atoms with Gasteiger partial charge in [0.25, 0.3) is 11.6 Å². The Morgan fingerprint density at radius 1 is 1.54 bits per heavy atom. The lowest BCUT2D eigenvalue weighted by atomic mass is 9.94. The zero-order valence-corrected chi connectivity index (χ0v) is 15.2. The number of allylic oxidation sites excluding steroid dienone is 1. The fourth-order valence-electron chi connectivity index (χ4n) is 2.98. The van der Waals surface area contributed by atoms with E-state index in [1.807, 2.05) is 6.92 Å². The van der Waals surface area contributed by atoms with Crippen molar-refractivity contribution in [3.8, 4) is 0 Å². The molecule has 8 heteroatoms. The molecule has 0 spiro atoms. The average molecular weight is 372 g/mol. The molecule has 1 heterocycles. The van der Waals surface area contributed by atoms with Crippen molar-refractivity contribution < 1.29 is 9.72 Å². The first-order chi connectivity index (χ1) is 12.4. The number of hydrogen-bond donors (Lipinski definition) is 2. The molecule has 0 aromatic heterocycles. The molecule has 1 saturated carbocycles. The highest BCUT2D eigenvalue weighted by atomic mass is 32.1. The van der Waals surface area contributed by atoms with Crippen molar-refractivity contribution in [3.63, 3.8) is 0 Å². The Morgan fingerprint density at radius 3 is 2.88 bits per heavy atom. The fourth-order valence-corrected chi connectivity index (χ4v) is 3.31. The highest BCUT2D eigenvalue weighted by Crippen LogP contribution is 2.33. The van der Waals surface area contributed by atoms with E-state index in [-0.39, 0.29) is 17.6 Å². The van der Waals surface area contributed by atoms with E-state index in [0.29, 0.717) is 22.8 Å². The van der Waals surface area contributed by atoms with Gasteiger partial charge in [-0.3, -0.25) is 14.9 Å². The second kappa shape index (κ2) is 7.25. The van der Waals surface area contributed by atoms with E-state index in [9.17, 15) is 14.9 Å². The zero-order chi connectivity index (χ0) is 18.8. The topological polar surface area (TPSA) is 87.5 Å². The van der Waals surface area contributed by atoms with Gasteiger partial charge in [0.15, 0.2) is 5.11 Å². The van der Waals surface area contributed by atoms with Crippen molar-refractivity contribution in [2.45, 2.75) is 31.8 Å². The van der Waals surface area contributed by atoms with Gasteiger partial charge in [0.1, 0.15) is 0 Å². The molecule has 0 radical (unpaired) electrons. The summed E-state index contributed by atoms with van der Waals surface area (Å²) in [6, 6.07) is 5.93. The fraction of sp³-hybridized carbons (Fsp3) is 0.333. The molecular formula is C18H20N4O3S. The number of carbonyl (C=O) groups is 1. The number of rotatable bonds is 6. The van der Waals surface area contributed by atoms with Gasteiger partial charge in [0, 0.05) is 30.4 Å². The minimum atomic E-state index is -0.540. The molecule has 7 nitrogen and oxygen atoms in total. The molecule has 1 atom stereocenters. The van der Waals surface area contributed by atoms with Crippen LogP contribution in [0, 0.1) is 10.1 Å². The van der Waals surface area contributed by atoms with Gasteiger partial charge in [-0.25, -0.2) is 0 Å². The Hall–Kier alpha value is -2.74. The zero-order valence-electron chi connectivity index (χ0n) is 14.4. The van der Waals surface area contributed by atoms with Crippen LogP contribution >= 0.6 is 12.2 Å². The Morgan fingerprint density at radius 2 is 2.27 bits per heavy atom. The van der Waals surface area contributed by atoms with E-state index in [1.165, 1.54) is 12.1 Å². The molecule has 0 bridgehead atoms. The number of thiocarbonyl (C=S) groups is 1. The number of nitrogens with one attached hydrogen (secondary N) is 2. The normalized spacial score (nSPS) is 19.8. The first-order valence-electron chi connectivity index (χ1n) is 8.37. The van der Waals surface area contributed by atoms with Crippen LogP contribution in [0.1, 0.15) is 31.4 Å². The Balaban J connectivity index is 2.04. The predicted molar refractivity (Wildman–Crippen MR) is 102 cm³/mol. The summed E-state index contributed by atoms with van der Waals surface area (Å²) >= 11 is 5.44. The molecule has 1 aromatic rings. The Labute approximate surface area is 156 Å². The summed E-state index contributed by atoms with van der Waals surface area (Å²) in [5.41, 5.74) is 1.85. The summed E-state index contributed by atoms with van der Waals surface area (Å²) in [6.45, 7) is 6.04. The molecule has 1 amide bonds. The summed E-state index contributed by atoms with van der Waals surface area (Å²) in [4.78, 5) is 25.4. The molecule has 3 rings (SSSR count). The van der Waals surface area contributed by atoms with Crippen LogP contribution < -0.4 is 10.6 Å². The van der Waals surface area contributed by atoms with Gasteiger partial charge in [-0.05, 0) is 37.5 Å². The number of nitro groups is 1. The van der Waals surface area contributed by atoms with Crippen LogP contribution in [0.3, 0.4) is 0 Å². The lowest BCUT2D eigenvalue weighted by Crippen LogP contribution is -2.49. The molecule has 0 saturated heterocycles. The highest BCUT2D eigenvalue weighted by molar-refractivity contribution is 7.80. The van der Waals surface area contributed by atoms with Crippen molar-refractivity contribution in [2.24, 2.45) is 0 Å². The average Bonchev–Trinajstić information content (AvgIpc) is 3.42. The van der Waals surface area contributed by atoms with Crippen molar-refractivity contribution in [1.82, 2.24) is 15.5 Å². The molecule has 1 fully saturated rings. The maximum atomic E-state index is 12.9. The molecule has 26 heavy (non-hydrogen) atoms. The van der Waals surface area contributed by atoms with Crippen LogP contribution in [0.15, 0.2) is 48.2 Å². The number of hydrogen-bond acceptors (Lipinski definition) is 4. The third-order valence-electron chi connectivity index (χ3n) is 4.48. The van der Waals surface area contributed by atoms with Gasteiger partial charge < -0.3 is 15.5 Å². The summed E-state index contributed by atoms with van der Waals surface area (Å²) < 4.78 is 0. The molecule has 2 N–H and O–H groups in total. The maximum absolute atomic E-state index is 12.9. The number of nitrogens with zero attached hydrogens (tertiary/aromatic N) is 2. The van der Waals surface area contributed by atoms with E-state index < -0.39 is 11.0 Å². The number of amides is 1. The minimum absolute atomic E-state index is 0.0247. The van der Waals surface area contributed by atoms with Gasteiger partial charge in [0.2, 0.25) is 0 Å². The van der Waals surface area contributed by atoms with Crippen molar-refractivity contribution in [3.05, 3.63) is 63.9 Å². The van der Waals surface area contributed by atoms with Gasteiger partial charge in [-0.2, -0.15) is 0 Å². The lowest BCUT2D eigenvalue weighted by Gasteiger charge is -2.37. The van der Waals surface area contributed by atoms with E-state index in [2.05, 4.69) is 17.2 Å². The van der Waals surface area contributed by atoms with Crippen LogP contribution in [0.5, 0.6) is 0 Å². The maximum Gasteiger partial charge on any atom is 0.269 e. The monoisotopic (exact) mass is 372 g/mol. The number of carbonyl (C=O) groups excluding carboxylic acids is 1. The predicted octanol–water partition coefficient (Wildman–Crippen LogP) is 2.56. The molecule has 1 aliphatic heterocycles. The van der Waals surface area contributed by atoms with Gasteiger partial charge in [-0.15, -0.1) is 6.58 Å². The number of non-ortho nitro benzene ring substituents is 1. The van der Waals surface area contributed by atoms with Crippen LogP contribution in [0.4, 0.5) is 5.69 Å². The number of nitro benzene ring substituents is 1. The first kappa shape index (κ1) is 18.1. The van der Waals surface area contributed by atoms with Crippen molar-refractivity contribution in [2.75, 3.05) is 6.54 Å². The van der Waals surface area contributed by atoms with Crippen LogP contribution in [-0.2, 0) is 4.79 Å². The minimum Gasteiger partial charge on any atom is -0.351 e. The largest absolute Gasteiger partial charge is 0.351 e. The summed E-state index contributed by atoms with van der Waals surface area (Å²) in [6.07, 6.45) is 3.66. The smallest absolute Gasteiger partial charge is 0.269 e. The summed E-state index contributed by atoms with van der Waals surface area (Å²) in [5.74, 6) is -0.175. The van der Waals surface area contributed by atoms with Crippen molar-refractivity contribution in [1.29, 1.82) is 0 Å². The SMILES string of the molecule is C=CCN1C(=S)N[C@@H](c2cccc([N+](=O)[O-])c2)C(C(=O)NC2CC2)=C1C. The van der Waals surface area contributed by atoms with Crippen LogP contribution in [-0.4, -0.2) is 33.4 Å². The molecular weight excluding hydrogens is 352 g/mol. The number of benzene rings is 1. The standard InChI is InChI=1S/C18H20N4O3S/c1-3-9-21-11(2)15(17(23)19-13-7-8-13)16(20-18(21)26)12-5-4-6-14(10-12)22(24)25/h3-6,10,13,16H,1,7-9H2,2H3,(H,19,23)(H,20,26)/t16-/m0/s1.